The van der Waals surface area contributed by atoms with Crippen molar-refractivity contribution in [2.75, 3.05) is 5.75 Å². The number of nitrogens with one attached hydrogen (secondary N) is 2. The van der Waals surface area contributed by atoms with E-state index < -0.39 is 29.2 Å². The average Bonchev–Trinajstić information content (AvgIpc) is 2.51. The van der Waals surface area contributed by atoms with Gasteiger partial charge in [-0.25, -0.2) is 4.39 Å². The third kappa shape index (κ3) is 4.44. The number of thioether (sulfide) groups is 1. The Labute approximate surface area is 136 Å². The van der Waals surface area contributed by atoms with E-state index >= 15 is 0 Å². The number of halogens is 1. The van der Waals surface area contributed by atoms with Gasteiger partial charge in [-0.15, -0.1) is 11.8 Å². The highest BCUT2D eigenvalue weighted by molar-refractivity contribution is 8.00. The minimum Gasteiger partial charge on any atom is -0.480 e. The van der Waals surface area contributed by atoms with E-state index in [1.54, 1.807) is 18.2 Å². The number of rotatable bonds is 5. The van der Waals surface area contributed by atoms with E-state index in [2.05, 4.69) is 10.6 Å². The molecular formula is C15H17FN2O4S. The van der Waals surface area contributed by atoms with Crippen molar-refractivity contribution in [2.45, 2.75) is 30.7 Å². The van der Waals surface area contributed by atoms with Crippen molar-refractivity contribution in [1.29, 1.82) is 0 Å². The first-order chi connectivity index (χ1) is 10.9. The topological polar surface area (TPSA) is 95.5 Å². The van der Waals surface area contributed by atoms with Crippen molar-refractivity contribution in [3.05, 3.63) is 35.6 Å². The SMILES string of the molecule is CC(NC(=O)C1CSC(Cc2ccccc2F)C(=O)N1)C(=O)O. The largest absolute Gasteiger partial charge is 0.480 e. The summed E-state index contributed by atoms with van der Waals surface area (Å²) >= 11 is 1.26. The maximum atomic E-state index is 13.6. The highest BCUT2D eigenvalue weighted by Gasteiger charge is 2.33. The molecule has 124 valence electrons. The maximum Gasteiger partial charge on any atom is 0.325 e. The first kappa shape index (κ1) is 17.3. The van der Waals surface area contributed by atoms with E-state index in [9.17, 15) is 18.8 Å². The summed E-state index contributed by atoms with van der Waals surface area (Å²) in [7, 11) is 0. The van der Waals surface area contributed by atoms with Crippen molar-refractivity contribution in [1.82, 2.24) is 10.6 Å². The van der Waals surface area contributed by atoms with Crippen LogP contribution in [-0.2, 0) is 20.8 Å². The molecule has 1 heterocycles. The van der Waals surface area contributed by atoms with E-state index in [0.717, 1.165) is 0 Å². The van der Waals surface area contributed by atoms with Gasteiger partial charge in [0.25, 0.3) is 0 Å². The number of amides is 2. The molecule has 0 bridgehead atoms. The lowest BCUT2D eigenvalue weighted by Crippen LogP contribution is -2.56. The molecule has 2 rings (SSSR count). The van der Waals surface area contributed by atoms with Crippen LogP contribution in [0.25, 0.3) is 0 Å². The Morgan fingerprint density at radius 3 is 2.78 bits per heavy atom. The Morgan fingerprint density at radius 2 is 2.17 bits per heavy atom. The van der Waals surface area contributed by atoms with Crippen LogP contribution in [0.1, 0.15) is 12.5 Å². The van der Waals surface area contributed by atoms with Gasteiger partial charge in [-0.3, -0.25) is 14.4 Å². The molecule has 0 radical (unpaired) electrons. The maximum absolute atomic E-state index is 13.6. The highest BCUT2D eigenvalue weighted by Crippen LogP contribution is 2.23. The predicted molar refractivity (Wildman–Crippen MR) is 83.5 cm³/mol. The number of benzene rings is 1. The smallest absolute Gasteiger partial charge is 0.325 e. The van der Waals surface area contributed by atoms with E-state index in [0.29, 0.717) is 11.3 Å². The van der Waals surface area contributed by atoms with Crippen molar-refractivity contribution in [2.24, 2.45) is 0 Å². The number of carboxylic acids is 1. The van der Waals surface area contributed by atoms with E-state index in [-0.39, 0.29) is 18.1 Å². The molecule has 1 saturated heterocycles. The second kappa shape index (κ2) is 7.45. The fourth-order valence-electron chi connectivity index (χ4n) is 2.13. The zero-order chi connectivity index (χ0) is 17.0. The van der Waals surface area contributed by atoms with Crippen molar-refractivity contribution >= 4 is 29.5 Å². The van der Waals surface area contributed by atoms with Crippen LogP contribution in [0.15, 0.2) is 24.3 Å². The van der Waals surface area contributed by atoms with Crippen LogP contribution < -0.4 is 10.6 Å². The molecule has 3 N–H and O–H groups in total. The molecule has 1 aliphatic rings. The summed E-state index contributed by atoms with van der Waals surface area (Å²) in [6.45, 7) is 1.35. The van der Waals surface area contributed by atoms with Gasteiger partial charge in [-0.2, -0.15) is 0 Å². The Balaban J connectivity index is 1.92. The molecule has 3 atom stereocenters. The summed E-state index contributed by atoms with van der Waals surface area (Å²) < 4.78 is 13.6. The third-order valence-electron chi connectivity index (χ3n) is 3.48. The molecule has 6 nitrogen and oxygen atoms in total. The number of carbonyl (C=O) groups is 3. The second-order valence-corrected chi connectivity index (χ2v) is 6.48. The average molecular weight is 340 g/mol. The van der Waals surface area contributed by atoms with Crippen molar-refractivity contribution in [3.63, 3.8) is 0 Å². The summed E-state index contributed by atoms with van der Waals surface area (Å²) in [6.07, 6.45) is 0.239. The summed E-state index contributed by atoms with van der Waals surface area (Å²) in [4.78, 5) is 34.7. The summed E-state index contributed by atoms with van der Waals surface area (Å²) in [6, 6.07) is 4.43. The molecule has 23 heavy (non-hydrogen) atoms. The van der Waals surface area contributed by atoms with Crippen LogP contribution in [0.4, 0.5) is 4.39 Å². The molecule has 1 fully saturated rings. The molecule has 8 heteroatoms. The van der Waals surface area contributed by atoms with E-state index in [4.69, 9.17) is 5.11 Å². The monoisotopic (exact) mass is 340 g/mol. The number of hydrogen-bond donors (Lipinski definition) is 3. The highest BCUT2D eigenvalue weighted by atomic mass is 32.2. The lowest BCUT2D eigenvalue weighted by atomic mass is 10.1. The Kier molecular flexibility index (Phi) is 5.59. The van der Waals surface area contributed by atoms with Gasteiger partial charge in [-0.1, -0.05) is 18.2 Å². The lowest BCUT2D eigenvalue weighted by molar-refractivity contribution is -0.141. The first-order valence-corrected chi connectivity index (χ1v) is 8.12. The first-order valence-electron chi connectivity index (χ1n) is 7.07. The number of aliphatic carboxylic acids is 1. The quantitative estimate of drug-likeness (QED) is 0.728. The molecule has 1 aromatic carbocycles. The van der Waals surface area contributed by atoms with Crippen LogP contribution in [0.3, 0.4) is 0 Å². The molecule has 1 aromatic rings. The van der Waals surface area contributed by atoms with Gasteiger partial charge in [0.15, 0.2) is 0 Å². The van der Waals surface area contributed by atoms with Gasteiger partial charge in [0.2, 0.25) is 11.8 Å². The summed E-state index contributed by atoms with van der Waals surface area (Å²) in [5.74, 6) is -2.09. The molecular weight excluding hydrogens is 323 g/mol. The summed E-state index contributed by atoms with van der Waals surface area (Å²) in [5, 5.41) is 13.2. The molecule has 0 spiro atoms. The van der Waals surface area contributed by atoms with Gasteiger partial charge in [0.05, 0.1) is 5.25 Å². The Morgan fingerprint density at radius 1 is 1.48 bits per heavy atom. The molecule has 2 amide bonds. The van der Waals surface area contributed by atoms with Crippen LogP contribution >= 0.6 is 11.8 Å². The van der Waals surface area contributed by atoms with Crippen LogP contribution in [0, 0.1) is 5.82 Å². The number of carboxylic acid groups (broad SMARTS) is 1. The lowest BCUT2D eigenvalue weighted by Gasteiger charge is -2.28. The van der Waals surface area contributed by atoms with Gasteiger partial charge in [0, 0.05) is 5.75 Å². The minimum absolute atomic E-state index is 0.239. The molecule has 0 aliphatic carbocycles. The zero-order valence-corrected chi connectivity index (χ0v) is 13.2. The fourth-order valence-corrected chi connectivity index (χ4v) is 3.30. The van der Waals surface area contributed by atoms with E-state index in [1.165, 1.54) is 24.8 Å². The number of carbonyl (C=O) groups excluding carboxylic acids is 2. The van der Waals surface area contributed by atoms with Gasteiger partial charge < -0.3 is 15.7 Å². The van der Waals surface area contributed by atoms with Crippen LogP contribution in [0.5, 0.6) is 0 Å². The fraction of sp³-hybridized carbons (Fsp3) is 0.400. The molecule has 3 unspecified atom stereocenters. The Bertz CT molecular complexity index is 625. The predicted octanol–water partition coefficient (Wildman–Crippen LogP) is 0.558. The minimum atomic E-state index is -1.15. The second-order valence-electron chi connectivity index (χ2n) is 5.25. The molecule has 0 aromatic heterocycles. The number of hydrogen-bond acceptors (Lipinski definition) is 4. The zero-order valence-electron chi connectivity index (χ0n) is 12.4. The van der Waals surface area contributed by atoms with Gasteiger partial charge >= 0.3 is 5.97 Å². The van der Waals surface area contributed by atoms with E-state index in [1.807, 2.05) is 0 Å². The third-order valence-corrected chi connectivity index (χ3v) is 4.79. The van der Waals surface area contributed by atoms with Crippen LogP contribution in [-0.4, -0.2) is 46.0 Å². The van der Waals surface area contributed by atoms with Crippen LogP contribution in [0.2, 0.25) is 0 Å². The van der Waals surface area contributed by atoms with Gasteiger partial charge in [0.1, 0.15) is 17.9 Å². The Hall–Kier alpha value is -2.09. The van der Waals surface area contributed by atoms with Gasteiger partial charge in [-0.05, 0) is 25.0 Å². The molecule has 0 saturated carbocycles. The van der Waals surface area contributed by atoms with Crippen molar-refractivity contribution in [3.8, 4) is 0 Å². The van der Waals surface area contributed by atoms with Crippen molar-refractivity contribution < 1.29 is 23.9 Å². The standard InChI is InChI=1S/C15H17FN2O4S/c1-8(15(21)22)17-13(19)11-7-23-12(14(20)18-11)6-9-4-2-3-5-10(9)16/h2-5,8,11-12H,6-7H2,1H3,(H,17,19)(H,18,20)(H,21,22). The summed E-state index contributed by atoms with van der Waals surface area (Å²) in [5.41, 5.74) is 0.447. The normalized spacial score (nSPS) is 22.1. The molecule has 1 aliphatic heterocycles.